The molecule has 1 atom stereocenters. The van der Waals surface area contributed by atoms with Crippen molar-refractivity contribution in [2.45, 2.75) is 46.5 Å². The van der Waals surface area contributed by atoms with Gasteiger partial charge < -0.3 is 10.2 Å². The maximum Gasteiger partial charge on any atom is 0.335 e. The zero-order chi connectivity index (χ0) is 16.2. The highest BCUT2D eigenvalue weighted by Gasteiger charge is 2.19. The van der Waals surface area contributed by atoms with Gasteiger partial charge in [0.1, 0.15) is 0 Å². The van der Waals surface area contributed by atoms with Gasteiger partial charge in [-0.2, -0.15) is 0 Å². The van der Waals surface area contributed by atoms with Gasteiger partial charge in [0.15, 0.2) is 0 Å². The fourth-order valence-corrected chi connectivity index (χ4v) is 2.25. The molecule has 0 spiro atoms. The van der Waals surface area contributed by atoms with E-state index in [1.54, 1.807) is 12.1 Å². The second kappa shape index (κ2) is 7.07. The number of hydrogen-bond donors (Lipinski definition) is 2. The summed E-state index contributed by atoms with van der Waals surface area (Å²) in [5, 5.41) is 18.4. The molecule has 0 aliphatic heterocycles. The molecule has 1 aromatic carbocycles. The van der Waals surface area contributed by atoms with Gasteiger partial charge in [-0.1, -0.05) is 18.6 Å². The highest BCUT2D eigenvalue weighted by Crippen LogP contribution is 2.26. The predicted octanol–water partition coefficient (Wildman–Crippen LogP) is 4.24. The van der Waals surface area contributed by atoms with Crippen LogP contribution in [0.3, 0.4) is 0 Å². The van der Waals surface area contributed by atoms with E-state index in [-0.39, 0.29) is 17.0 Å². The number of benzene rings is 1. The maximum absolute atomic E-state index is 11.3. The molecule has 1 rings (SSSR count). The third-order valence-corrected chi connectivity index (χ3v) is 3.61. The van der Waals surface area contributed by atoms with Crippen molar-refractivity contribution in [3.8, 4) is 0 Å². The lowest BCUT2D eigenvalue weighted by molar-refractivity contribution is 0.0696. The van der Waals surface area contributed by atoms with E-state index in [0.29, 0.717) is 5.56 Å². The average molecular weight is 290 g/mol. The van der Waals surface area contributed by atoms with Crippen molar-refractivity contribution in [3.05, 3.63) is 46.0 Å². The molecule has 0 saturated carbocycles. The second-order valence-electron chi connectivity index (χ2n) is 5.61. The van der Waals surface area contributed by atoms with E-state index in [0.717, 1.165) is 18.4 Å². The normalized spacial score (nSPS) is 11.8. The Balaban J connectivity index is 3.15. The monoisotopic (exact) mass is 290 g/mol. The molecule has 4 nitrogen and oxygen atoms in total. The van der Waals surface area contributed by atoms with E-state index < -0.39 is 11.9 Å². The van der Waals surface area contributed by atoms with Crippen molar-refractivity contribution in [2.24, 2.45) is 0 Å². The molecule has 0 aliphatic rings. The van der Waals surface area contributed by atoms with E-state index in [1.165, 1.54) is 12.5 Å². The lowest BCUT2D eigenvalue weighted by atomic mass is 9.90. The minimum absolute atomic E-state index is 0.0685. The molecule has 1 aromatic rings. The molecular weight excluding hydrogens is 268 g/mol. The van der Waals surface area contributed by atoms with Crippen LogP contribution < -0.4 is 0 Å². The topological polar surface area (TPSA) is 74.6 Å². The minimum Gasteiger partial charge on any atom is -0.478 e. The second-order valence-corrected chi connectivity index (χ2v) is 5.61. The Kier molecular flexibility index (Phi) is 5.70. The molecule has 0 fully saturated rings. The summed E-state index contributed by atoms with van der Waals surface area (Å²) in [5.41, 5.74) is 2.44. The first-order valence-corrected chi connectivity index (χ1v) is 6.98. The van der Waals surface area contributed by atoms with Crippen molar-refractivity contribution in [1.82, 2.24) is 0 Å². The van der Waals surface area contributed by atoms with Gasteiger partial charge in [0.05, 0.1) is 11.1 Å². The first-order valence-electron chi connectivity index (χ1n) is 6.98. The van der Waals surface area contributed by atoms with Gasteiger partial charge >= 0.3 is 11.9 Å². The molecule has 1 unspecified atom stereocenters. The first-order chi connectivity index (χ1) is 9.73. The Morgan fingerprint density at radius 2 is 1.62 bits per heavy atom. The molecule has 0 bridgehead atoms. The Morgan fingerprint density at radius 3 is 2.00 bits per heavy atom. The molecule has 0 aliphatic carbocycles. The standard InChI is InChI=1S/C17H22O4/c1-10(2)6-5-7-11(3)13-8-14(16(18)19)12(4)15(9-13)17(20)21/h6,8-9,11H,5,7H2,1-4H3,(H,18,19)(H,20,21). The summed E-state index contributed by atoms with van der Waals surface area (Å²) >= 11 is 0. The van der Waals surface area contributed by atoms with Gasteiger partial charge in [-0.05, 0) is 62.8 Å². The summed E-state index contributed by atoms with van der Waals surface area (Å²) in [6.45, 7) is 7.58. The third-order valence-electron chi connectivity index (χ3n) is 3.61. The van der Waals surface area contributed by atoms with Gasteiger partial charge in [-0.3, -0.25) is 0 Å². The van der Waals surface area contributed by atoms with Gasteiger partial charge in [-0.15, -0.1) is 0 Å². The molecule has 0 saturated heterocycles. The Hall–Kier alpha value is -2.10. The number of carboxylic acids is 2. The summed E-state index contributed by atoms with van der Waals surface area (Å²) < 4.78 is 0. The summed E-state index contributed by atoms with van der Waals surface area (Å²) in [6, 6.07) is 3.19. The maximum atomic E-state index is 11.3. The van der Waals surface area contributed by atoms with Crippen molar-refractivity contribution in [2.75, 3.05) is 0 Å². The molecule has 4 heteroatoms. The van der Waals surface area contributed by atoms with Crippen LogP contribution in [0.1, 0.15) is 71.4 Å². The van der Waals surface area contributed by atoms with Crippen LogP contribution in [0, 0.1) is 6.92 Å². The zero-order valence-electron chi connectivity index (χ0n) is 12.9. The SMILES string of the molecule is CC(C)=CCCC(C)c1cc(C(=O)O)c(C)c(C(=O)O)c1. The highest BCUT2D eigenvalue weighted by atomic mass is 16.4. The van der Waals surface area contributed by atoms with Gasteiger partial charge in [-0.25, -0.2) is 9.59 Å². The van der Waals surface area contributed by atoms with Crippen LogP contribution in [0.5, 0.6) is 0 Å². The van der Waals surface area contributed by atoms with E-state index in [2.05, 4.69) is 6.08 Å². The smallest absolute Gasteiger partial charge is 0.335 e. The van der Waals surface area contributed by atoms with Crippen LogP contribution in [0.15, 0.2) is 23.8 Å². The predicted molar refractivity (Wildman–Crippen MR) is 82.2 cm³/mol. The van der Waals surface area contributed by atoms with Crippen LogP contribution in [0.2, 0.25) is 0 Å². The number of carbonyl (C=O) groups is 2. The number of hydrogen-bond acceptors (Lipinski definition) is 2. The lowest BCUT2D eigenvalue weighted by Crippen LogP contribution is -2.10. The molecular formula is C17H22O4. The van der Waals surface area contributed by atoms with Gasteiger partial charge in [0, 0.05) is 0 Å². The zero-order valence-corrected chi connectivity index (χ0v) is 12.9. The Labute approximate surface area is 125 Å². The minimum atomic E-state index is -1.09. The fourth-order valence-electron chi connectivity index (χ4n) is 2.25. The molecule has 21 heavy (non-hydrogen) atoms. The molecule has 0 radical (unpaired) electrons. The fraction of sp³-hybridized carbons (Fsp3) is 0.412. The van der Waals surface area contributed by atoms with Crippen LogP contribution in [-0.2, 0) is 0 Å². The molecule has 0 heterocycles. The van der Waals surface area contributed by atoms with Crippen LogP contribution >= 0.6 is 0 Å². The highest BCUT2D eigenvalue weighted by molar-refractivity contribution is 5.96. The molecule has 0 amide bonds. The summed E-state index contributed by atoms with van der Waals surface area (Å²) in [6.07, 6.45) is 3.87. The number of rotatable bonds is 6. The van der Waals surface area contributed by atoms with Crippen molar-refractivity contribution >= 4 is 11.9 Å². The summed E-state index contributed by atoms with van der Waals surface area (Å²) in [4.78, 5) is 22.5. The third kappa shape index (κ3) is 4.45. The molecule has 0 aromatic heterocycles. The van der Waals surface area contributed by atoms with Gasteiger partial charge in [0.2, 0.25) is 0 Å². The lowest BCUT2D eigenvalue weighted by Gasteiger charge is -2.15. The first kappa shape index (κ1) is 17.0. The quantitative estimate of drug-likeness (QED) is 0.768. The molecule has 114 valence electrons. The van der Waals surface area contributed by atoms with E-state index in [1.807, 2.05) is 20.8 Å². The Morgan fingerprint density at radius 1 is 1.14 bits per heavy atom. The van der Waals surface area contributed by atoms with E-state index in [4.69, 9.17) is 0 Å². The largest absolute Gasteiger partial charge is 0.478 e. The van der Waals surface area contributed by atoms with Crippen molar-refractivity contribution in [3.63, 3.8) is 0 Å². The number of allylic oxidation sites excluding steroid dienone is 2. The van der Waals surface area contributed by atoms with Crippen LogP contribution in [0.25, 0.3) is 0 Å². The summed E-state index contributed by atoms with van der Waals surface area (Å²) in [5.74, 6) is -2.07. The molecule has 2 N–H and O–H groups in total. The van der Waals surface area contributed by atoms with E-state index >= 15 is 0 Å². The van der Waals surface area contributed by atoms with Crippen LogP contribution in [0.4, 0.5) is 0 Å². The van der Waals surface area contributed by atoms with Gasteiger partial charge in [0.25, 0.3) is 0 Å². The number of carboxylic acid groups (broad SMARTS) is 2. The average Bonchev–Trinajstić information content (AvgIpc) is 2.37. The van der Waals surface area contributed by atoms with E-state index in [9.17, 15) is 19.8 Å². The van der Waals surface area contributed by atoms with Crippen molar-refractivity contribution < 1.29 is 19.8 Å². The van der Waals surface area contributed by atoms with Crippen LogP contribution in [-0.4, -0.2) is 22.2 Å². The number of aromatic carboxylic acids is 2. The Bertz CT molecular complexity index is 545. The van der Waals surface area contributed by atoms with Crippen molar-refractivity contribution in [1.29, 1.82) is 0 Å². The summed E-state index contributed by atoms with van der Waals surface area (Å²) in [7, 11) is 0.